The summed E-state index contributed by atoms with van der Waals surface area (Å²) in [5.41, 5.74) is 9.15. The minimum Gasteiger partial charge on any atom is -0.497 e. The van der Waals surface area contributed by atoms with Crippen molar-refractivity contribution in [2.24, 2.45) is 7.05 Å². The Kier molecular flexibility index (Phi) is 5.52. The molecule has 3 aromatic rings. The molecule has 6 heteroatoms. The zero-order valence-corrected chi connectivity index (χ0v) is 16.7. The van der Waals surface area contributed by atoms with Gasteiger partial charge in [0.15, 0.2) is 5.95 Å². The Morgan fingerprint density at radius 1 is 1.12 bits per heavy atom. The molecule has 0 spiro atoms. The lowest BCUT2D eigenvalue weighted by Gasteiger charge is -2.18. The van der Waals surface area contributed by atoms with Crippen LogP contribution in [-0.4, -0.2) is 23.8 Å². The Balaban J connectivity index is 2.04. The van der Waals surface area contributed by atoms with Gasteiger partial charge in [-0.15, -0.1) is 0 Å². The third kappa shape index (κ3) is 3.85. The average molecular weight is 416 g/mol. The average Bonchev–Trinajstić information content (AvgIpc) is 2.98. The second-order valence-electron chi connectivity index (χ2n) is 6.12. The Bertz CT molecular complexity index is 871. The van der Waals surface area contributed by atoms with Gasteiger partial charge in [-0.25, -0.2) is 4.98 Å². The number of hydrogen-bond donors (Lipinski definition) is 1. The number of halogens is 1. The summed E-state index contributed by atoms with van der Waals surface area (Å²) in [5, 5.41) is 0. The number of benzene rings is 2. The Morgan fingerprint density at radius 2 is 1.85 bits per heavy atom. The number of methoxy groups -OCH3 is 2. The van der Waals surface area contributed by atoms with Gasteiger partial charge in [-0.05, 0) is 47.9 Å². The number of rotatable bonds is 6. The van der Waals surface area contributed by atoms with E-state index in [0.717, 1.165) is 39.2 Å². The van der Waals surface area contributed by atoms with Gasteiger partial charge in [0.2, 0.25) is 0 Å². The lowest BCUT2D eigenvalue weighted by molar-refractivity contribution is 0.408. The van der Waals surface area contributed by atoms with Gasteiger partial charge in [0.1, 0.15) is 11.5 Å². The van der Waals surface area contributed by atoms with Gasteiger partial charge < -0.3 is 19.8 Å². The Morgan fingerprint density at radius 3 is 2.42 bits per heavy atom. The standard InChI is InChI=1S/C20H22BrN3O2/c1-24-12-18(23-20(24)22)17(13-4-7-16(25-2)8-5-13)11-14-10-15(21)6-9-19(14)26-3/h4-10,12,17H,11H2,1-3H3,(H2,22,23). The SMILES string of the molecule is COc1ccc(C(Cc2cc(Br)ccc2OC)c2cn(C)c(N)n2)cc1. The number of aryl methyl sites for hydroxylation is 1. The van der Waals surface area contributed by atoms with E-state index in [9.17, 15) is 0 Å². The molecule has 2 N–H and O–H groups in total. The summed E-state index contributed by atoms with van der Waals surface area (Å²) in [6.07, 6.45) is 2.72. The predicted molar refractivity (Wildman–Crippen MR) is 107 cm³/mol. The van der Waals surface area contributed by atoms with E-state index in [1.54, 1.807) is 14.2 Å². The van der Waals surface area contributed by atoms with E-state index < -0.39 is 0 Å². The van der Waals surface area contributed by atoms with E-state index in [-0.39, 0.29) is 5.92 Å². The van der Waals surface area contributed by atoms with E-state index in [1.807, 2.05) is 42.1 Å². The van der Waals surface area contributed by atoms with Crippen LogP contribution in [0.25, 0.3) is 0 Å². The first kappa shape index (κ1) is 18.3. The molecule has 0 radical (unpaired) electrons. The molecule has 1 aromatic heterocycles. The number of aromatic nitrogens is 2. The van der Waals surface area contributed by atoms with Crippen LogP contribution in [0.5, 0.6) is 11.5 Å². The van der Waals surface area contributed by atoms with Crippen LogP contribution in [0.3, 0.4) is 0 Å². The van der Waals surface area contributed by atoms with E-state index in [2.05, 4.69) is 39.1 Å². The van der Waals surface area contributed by atoms with Crippen molar-refractivity contribution in [1.29, 1.82) is 0 Å². The quantitative estimate of drug-likeness (QED) is 0.656. The van der Waals surface area contributed by atoms with Crippen LogP contribution >= 0.6 is 15.9 Å². The lowest BCUT2D eigenvalue weighted by atomic mass is 9.89. The maximum Gasteiger partial charge on any atom is 0.200 e. The van der Waals surface area contributed by atoms with Crippen molar-refractivity contribution in [3.8, 4) is 11.5 Å². The molecule has 1 atom stereocenters. The van der Waals surface area contributed by atoms with Gasteiger partial charge in [-0.3, -0.25) is 0 Å². The largest absolute Gasteiger partial charge is 0.497 e. The summed E-state index contributed by atoms with van der Waals surface area (Å²) in [5.74, 6) is 2.23. The van der Waals surface area contributed by atoms with Gasteiger partial charge in [-0.1, -0.05) is 28.1 Å². The minimum absolute atomic E-state index is 0.0487. The summed E-state index contributed by atoms with van der Waals surface area (Å²) in [7, 11) is 5.25. The number of anilines is 1. The highest BCUT2D eigenvalue weighted by Gasteiger charge is 2.21. The van der Waals surface area contributed by atoms with Crippen LogP contribution in [0.1, 0.15) is 22.7 Å². The molecule has 5 nitrogen and oxygen atoms in total. The highest BCUT2D eigenvalue weighted by Crippen LogP contribution is 2.33. The van der Waals surface area contributed by atoms with E-state index in [1.165, 1.54) is 0 Å². The van der Waals surface area contributed by atoms with Crippen LogP contribution < -0.4 is 15.2 Å². The molecule has 0 amide bonds. The first-order valence-corrected chi connectivity index (χ1v) is 9.06. The fourth-order valence-electron chi connectivity index (χ4n) is 3.03. The number of nitrogens with two attached hydrogens (primary N) is 1. The van der Waals surface area contributed by atoms with Crippen molar-refractivity contribution in [2.45, 2.75) is 12.3 Å². The smallest absolute Gasteiger partial charge is 0.200 e. The van der Waals surface area contributed by atoms with Crippen LogP contribution in [-0.2, 0) is 13.5 Å². The van der Waals surface area contributed by atoms with Gasteiger partial charge in [-0.2, -0.15) is 0 Å². The third-order valence-electron chi connectivity index (χ3n) is 4.47. The molecule has 0 aliphatic rings. The molecule has 0 saturated carbocycles. The molecule has 0 fully saturated rings. The van der Waals surface area contributed by atoms with Crippen LogP contribution in [0.15, 0.2) is 53.1 Å². The van der Waals surface area contributed by atoms with E-state index in [4.69, 9.17) is 15.2 Å². The summed E-state index contributed by atoms with van der Waals surface area (Å²) in [6, 6.07) is 14.1. The molecule has 1 heterocycles. The molecule has 136 valence electrons. The number of hydrogen-bond acceptors (Lipinski definition) is 4. The van der Waals surface area contributed by atoms with Crippen LogP contribution in [0, 0.1) is 0 Å². The summed E-state index contributed by atoms with van der Waals surface area (Å²) >= 11 is 3.55. The topological polar surface area (TPSA) is 62.3 Å². The molecule has 26 heavy (non-hydrogen) atoms. The van der Waals surface area contributed by atoms with Crippen molar-refractivity contribution >= 4 is 21.9 Å². The van der Waals surface area contributed by atoms with Crippen molar-refractivity contribution < 1.29 is 9.47 Å². The van der Waals surface area contributed by atoms with Gasteiger partial charge in [0.05, 0.1) is 19.9 Å². The second-order valence-corrected chi connectivity index (χ2v) is 7.04. The fourth-order valence-corrected chi connectivity index (χ4v) is 3.44. The summed E-state index contributed by atoms with van der Waals surface area (Å²) in [6.45, 7) is 0. The highest BCUT2D eigenvalue weighted by atomic mass is 79.9. The minimum atomic E-state index is 0.0487. The van der Waals surface area contributed by atoms with Crippen molar-refractivity contribution in [3.05, 3.63) is 70.0 Å². The zero-order chi connectivity index (χ0) is 18.7. The Hall–Kier alpha value is -2.47. The number of ether oxygens (including phenoxy) is 2. The van der Waals surface area contributed by atoms with Crippen LogP contribution in [0.4, 0.5) is 5.95 Å². The molecular weight excluding hydrogens is 394 g/mol. The first-order chi connectivity index (χ1) is 12.5. The predicted octanol–water partition coefficient (Wildman–Crippen LogP) is 4.16. The molecule has 2 aromatic carbocycles. The molecule has 1 unspecified atom stereocenters. The number of nitrogen functional groups attached to an aromatic ring is 1. The van der Waals surface area contributed by atoms with Crippen molar-refractivity contribution in [3.63, 3.8) is 0 Å². The van der Waals surface area contributed by atoms with Gasteiger partial charge in [0.25, 0.3) is 0 Å². The van der Waals surface area contributed by atoms with Crippen molar-refractivity contribution in [1.82, 2.24) is 9.55 Å². The number of imidazole rings is 1. The monoisotopic (exact) mass is 415 g/mol. The molecular formula is C20H22BrN3O2. The number of nitrogens with zero attached hydrogens (tertiary/aromatic N) is 2. The van der Waals surface area contributed by atoms with Gasteiger partial charge in [0, 0.05) is 23.6 Å². The van der Waals surface area contributed by atoms with E-state index >= 15 is 0 Å². The third-order valence-corrected chi connectivity index (χ3v) is 4.97. The molecule has 0 saturated heterocycles. The molecule has 0 aliphatic carbocycles. The summed E-state index contributed by atoms with van der Waals surface area (Å²) < 4.78 is 13.7. The van der Waals surface area contributed by atoms with Gasteiger partial charge >= 0.3 is 0 Å². The second kappa shape index (κ2) is 7.83. The highest BCUT2D eigenvalue weighted by molar-refractivity contribution is 9.10. The maximum absolute atomic E-state index is 5.98. The maximum atomic E-state index is 5.98. The first-order valence-electron chi connectivity index (χ1n) is 8.27. The fraction of sp³-hybridized carbons (Fsp3) is 0.250. The zero-order valence-electron chi connectivity index (χ0n) is 15.1. The molecule has 0 bridgehead atoms. The molecule has 0 aliphatic heterocycles. The van der Waals surface area contributed by atoms with Crippen molar-refractivity contribution in [2.75, 3.05) is 20.0 Å². The van der Waals surface area contributed by atoms with Crippen LogP contribution in [0.2, 0.25) is 0 Å². The van der Waals surface area contributed by atoms with E-state index in [0.29, 0.717) is 5.95 Å². The lowest BCUT2D eigenvalue weighted by Crippen LogP contribution is -2.07. The normalized spacial score (nSPS) is 12.0. The summed E-state index contributed by atoms with van der Waals surface area (Å²) in [4.78, 5) is 4.56. The Labute approximate surface area is 161 Å². The molecule has 3 rings (SSSR count).